The number of amides is 2. The number of carbonyl (C=O) groups excluding carboxylic acids is 1. The number of urea groups is 1. The van der Waals surface area contributed by atoms with Gasteiger partial charge in [-0.2, -0.15) is 0 Å². The van der Waals surface area contributed by atoms with E-state index in [0.717, 1.165) is 17.5 Å². The zero-order valence-corrected chi connectivity index (χ0v) is 12.8. The lowest BCUT2D eigenvalue weighted by Crippen LogP contribution is -2.41. The van der Waals surface area contributed by atoms with Crippen LogP contribution in [0, 0.1) is 0 Å². The van der Waals surface area contributed by atoms with Crippen LogP contribution in [0.2, 0.25) is 0 Å². The lowest BCUT2D eigenvalue weighted by Gasteiger charge is -2.28. The number of fused-ring (bicyclic) bond motifs is 1. The Labute approximate surface area is 129 Å². The van der Waals surface area contributed by atoms with E-state index in [9.17, 15) is 9.59 Å². The fourth-order valence-electron chi connectivity index (χ4n) is 2.79. The molecular formula is C17H19N3O2. The van der Waals surface area contributed by atoms with Gasteiger partial charge in [0.2, 0.25) is 0 Å². The number of aryl methyl sites for hydroxylation is 1. The summed E-state index contributed by atoms with van der Waals surface area (Å²) in [5.74, 6) is 0. The normalized spacial score (nSPS) is 13.6. The summed E-state index contributed by atoms with van der Waals surface area (Å²) in [6, 6.07) is 9.76. The molecule has 1 aliphatic rings. The minimum atomic E-state index is -0.0405. The molecule has 0 radical (unpaired) electrons. The van der Waals surface area contributed by atoms with E-state index in [1.807, 2.05) is 12.1 Å². The maximum absolute atomic E-state index is 11.8. The Morgan fingerprint density at radius 2 is 1.91 bits per heavy atom. The third kappa shape index (κ3) is 2.62. The maximum atomic E-state index is 11.8. The van der Waals surface area contributed by atoms with Crippen molar-refractivity contribution >= 4 is 6.03 Å². The van der Waals surface area contributed by atoms with Gasteiger partial charge in [0, 0.05) is 39.4 Å². The zero-order valence-electron chi connectivity index (χ0n) is 12.8. The second-order valence-corrected chi connectivity index (χ2v) is 5.57. The van der Waals surface area contributed by atoms with Crippen LogP contribution in [0.25, 0.3) is 11.1 Å². The van der Waals surface area contributed by atoms with Crippen molar-refractivity contribution in [3.8, 4) is 11.1 Å². The van der Waals surface area contributed by atoms with Crippen molar-refractivity contribution in [2.75, 3.05) is 13.6 Å². The highest BCUT2D eigenvalue weighted by atomic mass is 16.2. The first-order valence-corrected chi connectivity index (χ1v) is 7.34. The van der Waals surface area contributed by atoms with Gasteiger partial charge in [0.15, 0.2) is 0 Å². The SMILES string of the molecule is CNC(=O)N1CCc2cc(-c3ccn(C)c(=O)c3)ccc2C1. The molecule has 0 atom stereocenters. The molecule has 2 heterocycles. The fourth-order valence-corrected chi connectivity index (χ4v) is 2.79. The molecule has 0 saturated heterocycles. The molecule has 1 aromatic heterocycles. The molecule has 0 aliphatic carbocycles. The van der Waals surface area contributed by atoms with Gasteiger partial charge < -0.3 is 14.8 Å². The Morgan fingerprint density at radius 1 is 1.14 bits per heavy atom. The van der Waals surface area contributed by atoms with Crippen molar-refractivity contribution in [1.29, 1.82) is 0 Å². The topological polar surface area (TPSA) is 54.3 Å². The Kier molecular flexibility index (Phi) is 3.71. The summed E-state index contributed by atoms with van der Waals surface area (Å²) in [6.07, 6.45) is 2.62. The van der Waals surface area contributed by atoms with Crippen molar-refractivity contribution in [2.45, 2.75) is 13.0 Å². The van der Waals surface area contributed by atoms with Gasteiger partial charge in [0.1, 0.15) is 0 Å². The van der Waals surface area contributed by atoms with E-state index in [-0.39, 0.29) is 11.6 Å². The lowest BCUT2D eigenvalue weighted by molar-refractivity contribution is 0.194. The lowest BCUT2D eigenvalue weighted by atomic mass is 9.95. The average molecular weight is 297 g/mol. The predicted molar refractivity (Wildman–Crippen MR) is 85.7 cm³/mol. The van der Waals surface area contributed by atoms with Gasteiger partial charge in [-0.1, -0.05) is 18.2 Å². The third-order valence-electron chi connectivity index (χ3n) is 4.16. The minimum absolute atomic E-state index is 0.0130. The summed E-state index contributed by atoms with van der Waals surface area (Å²) < 4.78 is 1.56. The number of nitrogens with one attached hydrogen (secondary N) is 1. The van der Waals surface area contributed by atoms with Crippen molar-refractivity contribution in [3.63, 3.8) is 0 Å². The number of pyridine rings is 1. The van der Waals surface area contributed by atoms with Gasteiger partial charge in [-0.05, 0) is 34.7 Å². The largest absolute Gasteiger partial charge is 0.341 e. The molecule has 1 N–H and O–H groups in total. The van der Waals surface area contributed by atoms with Gasteiger partial charge in [-0.15, -0.1) is 0 Å². The van der Waals surface area contributed by atoms with E-state index in [0.29, 0.717) is 13.1 Å². The van der Waals surface area contributed by atoms with E-state index < -0.39 is 0 Å². The number of nitrogens with zero attached hydrogens (tertiary/aromatic N) is 2. The molecule has 22 heavy (non-hydrogen) atoms. The number of rotatable bonds is 1. The van der Waals surface area contributed by atoms with E-state index in [4.69, 9.17) is 0 Å². The first kappa shape index (κ1) is 14.4. The highest BCUT2D eigenvalue weighted by Gasteiger charge is 2.20. The Hall–Kier alpha value is -2.56. The molecule has 1 aromatic carbocycles. The number of carbonyl (C=O) groups is 1. The quantitative estimate of drug-likeness (QED) is 0.872. The van der Waals surface area contributed by atoms with Crippen molar-refractivity contribution < 1.29 is 4.79 Å². The summed E-state index contributed by atoms with van der Waals surface area (Å²) in [4.78, 5) is 25.3. The first-order valence-electron chi connectivity index (χ1n) is 7.34. The van der Waals surface area contributed by atoms with Crippen molar-refractivity contribution in [3.05, 3.63) is 58.0 Å². The molecule has 0 saturated carbocycles. The summed E-state index contributed by atoms with van der Waals surface area (Å²) in [7, 11) is 3.39. The van der Waals surface area contributed by atoms with Gasteiger partial charge in [-0.25, -0.2) is 4.79 Å². The highest BCUT2D eigenvalue weighted by Crippen LogP contribution is 2.25. The summed E-state index contributed by atoms with van der Waals surface area (Å²) >= 11 is 0. The van der Waals surface area contributed by atoms with Crippen molar-refractivity contribution in [1.82, 2.24) is 14.8 Å². The molecule has 2 amide bonds. The molecule has 0 spiro atoms. The van der Waals surface area contributed by atoms with Gasteiger partial charge in [-0.3, -0.25) is 4.79 Å². The van der Waals surface area contributed by atoms with Crippen LogP contribution >= 0.6 is 0 Å². The molecular weight excluding hydrogens is 278 g/mol. The number of hydrogen-bond donors (Lipinski definition) is 1. The van der Waals surface area contributed by atoms with Gasteiger partial charge >= 0.3 is 6.03 Å². The second kappa shape index (κ2) is 5.67. The molecule has 114 valence electrons. The predicted octanol–water partition coefficient (Wildman–Crippen LogP) is 1.75. The van der Waals surface area contributed by atoms with Crippen LogP contribution in [-0.2, 0) is 20.0 Å². The van der Waals surface area contributed by atoms with Crippen LogP contribution in [0.4, 0.5) is 4.79 Å². The molecule has 0 unspecified atom stereocenters. The van der Waals surface area contributed by atoms with Crippen LogP contribution in [-0.4, -0.2) is 29.1 Å². The fraction of sp³-hybridized carbons (Fsp3) is 0.294. The van der Waals surface area contributed by atoms with E-state index in [2.05, 4.69) is 17.4 Å². The third-order valence-corrected chi connectivity index (χ3v) is 4.16. The van der Waals surface area contributed by atoms with Crippen LogP contribution in [0.1, 0.15) is 11.1 Å². The summed E-state index contributed by atoms with van der Waals surface area (Å²) in [6.45, 7) is 1.35. The number of aromatic nitrogens is 1. The second-order valence-electron chi connectivity index (χ2n) is 5.57. The maximum Gasteiger partial charge on any atom is 0.317 e. The summed E-state index contributed by atoms with van der Waals surface area (Å²) in [5.41, 5.74) is 4.38. The molecule has 0 fully saturated rings. The van der Waals surface area contributed by atoms with Crippen LogP contribution < -0.4 is 10.9 Å². The standard InChI is InChI=1S/C17H19N3O2/c1-18-17(22)20-8-6-13-9-12(3-4-15(13)11-20)14-5-7-19(2)16(21)10-14/h3-5,7,9-10H,6,8,11H2,1-2H3,(H,18,22). The molecule has 1 aliphatic heterocycles. The monoisotopic (exact) mass is 297 g/mol. The minimum Gasteiger partial charge on any atom is -0.341 e. The first-order chi connectivity index (χ1) is 10.6. The van der Waals surface area contributed by atoms with E-state index >= 15 is 0 Å². The average Bonchev–Trinajstić information content (AvgIpc) is 2.55. The number of benzene rings is 1. The van der Waals surface area contributed by atoms with Crippen LogP contribution in [0.15, 0.2) is 41.3 Å². The highest BCUT2D eigenvalue weighted by molar-refractivity contribution is 5.74. The van der Waals surface area contributed by atoms with E-state index in [1.54, 1.807) is 35.8 Å². The van der Waals surface area contributed by atoms with Gasteiger partial charge in [0.25, 0.3) is 5.56 Å². The smallest absolute Gasteiger partial charge is 0.317 e. The van der Waals surface area contributed by atoms with Crippen molar-refractivity contribution in [2.24, 2.45) is 7.05 Å². The summed E-state index contributed by atoms with van der Waals surface area (Å²) in [5, 5.41) is 2.66. The molecule has 0 bridgehead atoms. The molecule has 5 heteroatoms. The molecule has 2 aromatic rings. The van der Waals surface area contributed by atoms with Crippen LogP contribution in [0.5, 0.6) is 0 Å². The molecule has 3 rings (SSSR count). The Balaban J connectivity index is 1.91. The zero-order chi connectivity index (χ0) is 15.7. The van der Waals surface area contributed by atoms with Gasteiger partial charge in [0.05, 0.1) is 0 Å². The molecule has 5 nitrogen and oxygen atoms in total. The Morgan fingerprint density at radius 3 is 2.64 bits per heavy atom. The van der Waals surface area contributed by atoms with Crippen LogP contribution in [0.3, 0.4) is 0 Å². The number of hydrogen-bond acceptors (Lipinski definition) is 2. The van der Waals surface area contributed by atoms with E-state index in [1.165, 1.54) is 11.1 Å². The Bertz CT molecular complexity index is 780.